The molecule has 0 fully saturated rings. The highest BCUT2D eigenvalue weighted by molar-refractivity contribution is 9.10. The van der Waals surface area contributed by atoms with E-state index in [2.05, 4.69) is 31.2 Å². The maximum absolute atomic E-state index is 13.2. The molecule has 0 radical (unpaired) electrons. The van der Waals surface area contributed by atoms with Crippen molar-refractivity contribution in [2.75, 3.05) is 5.32 Å². The average molecular weight is 307 g/mol. The highest BCUT2D eigenvalue weighted by atomic mass is 79.9. The van der Waals surface area contributed by atoms with Gasteiger partial charge in [-0.1, -0.05) is 15.9 Å². The lowest BCUT2D eigenvalue weighted by molar-refractivity contribution is 0.625. The third kappa shape index (κ3) is 3.02. The Hall–Kier alpha value is -2.00. The molecule has 0 bridgehead atoms. The lowest BCUT2D eigenvalue weighted by Gasteiger charge is -2.07. The predicted molar refractivity (Wildman–Crippen MR) is 68.2 cm³/mol. The lowest BCUT2D eigenvalue weighted by Crippen LogP contribution is -2.04. The van der Waals surface area contributed by atoms with Crippen molar-refractivity contribution in [1.82, 2.24) is 9.97 Å². The van der Waals surface area contributed by atoms with Gasteiger partial charge in [-0.25, -0.2) is 14.4 Å². The molecule has 1 aromatic carbocycles. The molecule has 0 saturated carbocycles. The first-order chi connectivity index (χ1) is 8.69. The summed E-state index contributed by atoms with van der Waals surface area (Å²) in [6.07, 6.45) is 2.94. The second-order valence-corrected chi connectivity index (χ2v) is 4.41. The van der Waals surface area contributed by atoms with E-state index in [0.29, 0.717) is 16.8 Å². The normalized spacial score (nSPS) is 9.83. The van der Waals surface area contributed by atoms with E-state index in [4.69, 9.17) is 5.26 Å². The van der Waals surface area contributed by atoms with Crippen LogP contribution in [0.2, 0.25) is 0 Å². The number of halogens is 2. The van der Waals surface area contributed by atoms with Crippen LogP contribution in [-0.2, 0) is 6.54 Å². The standard InChI is InChI=1S/C12H8BrFN4/c13-9-3-8(4-10(14)5-9)7-18-12-11(6-15)16-1-2-17-12/h1-5H,7H2,(H,17,18). The van der Waals surface area contributed by atoms with Gasteiger partial charge in [-0.3, -0.25) is 0 Å². The van der Waals surface area contributed by atoms with Gasteiger partial charge in [-0.2, -0.15) is 5.26 Å². The first-order valence-corrected chi connectivity index (χ1v) is 5.88. The third-order valence-corrected chi connectivity index (χ3v) is 2.64. The van der Waals surface area contributed by atoms with E-state index in [-0.39, 0.29) is 11.5 Å². The van der Waals surface area contributed by atoms with Crippen molar-refractivity contribution in [3.63, 3.8) is 0 Å². The van der Waals surface area contributed by atoms with E-state index in [9.17, 15) is 4.39 Å². The number of aromatic nitrogens is 2. The van der Waals surface area contributed by atoms with E-state index < -0.39 is 0 Å². The molecule has 4 nitrogen and oxygen atoms in total. The molecule has 1 aromatic heterocycles. The highest BCUT2D eigenvalue weighted by Gasteiger charge is 2.04. The molecule has 0 saturated heterocycles. The first-order valence-electron chi connectivity index (χ1n) is 5.09. The molecule has 0 aliphatic rings. The van der Waals surface area contributed by atoms with Crippen LogP contribution in [0, 0.1) is 17.1 Å². The summed E-state index contributed by atoms with van der Waals surface area (Å²) in [6, 6.07) is 6.52. The number of nitrogens with one attached hydrogen (secondary N) is 1. The fourth-order valence-electron chi connectivity index (χ4n) is 1.45. The van der Waals surface area contributed by atoms with Crippen LogP contribution in [0.15, 0.2) is 35.1 Å². The van der Waals surface area contributed by atoms with E-state index >= 15 is 0 Å². The number of hydrogen-bond donors (Lipinski definition) is 1. The average Bonchev–Trinajstić information content (AvgIpc) is 2.35. The molecule has 1 N–H and O–H groups in total. The molecular formula is C12H8BrFN4. The second-order valence-electron chi connectivity index (χ2n) is 3.50. The van der Waals surface area contributed by atoms with Crippen LogP contribution in [0.3, 0.4) is 0 Å². The van der Waals surface area contributed by atoms with Crippen molar-refractivity contribution in [1.29, 1.82) is 5.26 Å². The maximum Gasteiger partial charge on any atom is 0.182 e. The summed E-state index contributed by atoms with van der Waals surface area (Å²) in [6.45, 7) is 0.365. The summed E-state index contributed by atoms with van der Waals surface area (Å²) in [7, 11) is 0. The van der Waals surface area contributed by atoms with Crippen LogP contribution in [0.1, 0.15) is 11.3 Å². The zero-order chi connectivity index (χ0) is 13.0. The molecule has 2 rings (SSSR count). The molecule has 0 spiro atoms. The largest absolute Gasteiger partial charge is 0.364 e. The summed E-state index contributed by atoms with van der Waals surface area (Å²) < 4.78 is 13.8. The Bertz CT molecular complexity index is 589. The summed E-state index contributed by atoms with van der Waals surface area (Å²) in [4.78, 5) is 7.88. The van der Waals surface area contributed by atoms with Crippen molar-refractivity contribution < 1.29 is 4.39 Å². The fourth-order valence-corrected chi connectivity index (χ4v) is 1.96. The van der Waals surface area contributed by atoms with Gasteiger partial charge in [0.15, 0.2) is 11.5 Å². The Kier molecular flexibility index (Phi) is 3.85. The zero-order valence-corrected chi connectivity index (χ0v) is 10.8. The molecule has 0 aliphatic carbocycles. The Morgan fingerprint density at radius 3 is 2.78 bits per heavy atom. The van der Waals surface area contributed by atoms with Crippen LogP contribution in [0.25, 0.3) is 0 Å². The van der Waals surface area contributed by atoms with Gasteiger partial charge in [-0.05, 0) is 23.8 Å². The van der Waals surface area contributed by atoms with Crippen LogP contribution in [0.4, 0.5) is 10.2 Å². The monoisotopic (exact) mass is 306 g/mol. The zero-order valence-electron chi connectivity index (χ0n) is 9.19. The minimum absolute atomic E-state index is 0.216. The first kappa shape index (κ1) is 12.5. The van der Waals surface area contributed by atoms with Gasteiger partial charge < -0.3 is 5.32 Å². The predicted octanol–water partition coefficient (Wildman–Crippen LogP) is 2.86. The molecule has 1 heterocycles. The van der Waals surface area contributed by atoms with Crippen molar-refractivity contribution >= 4 is 21.7 Å². The smallest absolute Gasteiger partial charge is 0.182 e. The Labute approximate surface area is 112 Å². The maximum atomic E-state index is 13.2. The second kappa shape index (κ2) is 5.56. The molecular weight excluding hydrogens is 299 g/mol. The number of nitrogens with zero attached hydrogens (tertiary/aromatic N) is 3. The van der Waals surface area contributed by atoms with Crippen molar-refractivity contribution in [2.45, 2.75) is 6.54 Å². The van der Waals surface area contributed by atoms with E-state index in [1.807, 2.05) is 6.07 Å². The Morgan fingerprint density at radius 2 is 2.06 bits per heavy atom. The third-order valence-electron chi connectivity index (χ3n) is 2.19. The molecule has 18 heavy (non-hydrogen) atoms. The Balaban J connectivity index is 2.14. The highest BCUT2D eigenvalue weighted by Crippen LogP contribution is 2.16. The molecule has 0 unspecified atom stereocenters. The van der Waals surface area contributed by atoms with Crippen molar-refractivity contribution in [2.24, 2.45) is 0 Å². The van der Waals surface area contributed by atoms with Gasteiger partial charge in [-0.15, -0.1) is 0 Å². The van der Waals surface area contributed by atoms with Crippen LogP contribution in [-0.4, -0.2) is 9.97 Å². The summed E-state index contributed by atoms with van der Waals surface area (Å²) >= 11 is 3.22. The van der Waals surface area contributed by atoms with Gasteiger partial charge >= 0.3 is 0 Å². The van der Waals surface area contributed by atoms with Gasteiger partial charge in [0.2, 0.25) is 0 Å². The van der Waals surface area contributed by atoms with Crippen LogP contribution >= 0.6 is 15.9 Å². The van der Waals surface area contributed by atoms with Crippen molar-refractivity contribution in [3.05, 3.63) is 52.1 Å². The molecule has 0 amide bonds. The number of benzene rings is 1. The summed E-state index contributed by atoms with van der Waals surface area (Å²) in [5.74, 6) is 0.0706. The van der Waals surface area contributed by atoms with E-state index in [0.717, 1.165) is 5.56 Å². The van der Waals surface area contributed by atoms with E-state index in [1.165, 1.54) is 24.5 Å². The van der Waals surface area contributed by atoms with Gasteiger partial charge in [0.25, 0.3) is 0 Å². The topological polar surface area (TPSA) is 61.6 Å². The quantitative estimate of drug-likeness (QED) is 0.947. The minimum Gasteiger partial charge on any atom is -0.364 e. The van der Waals surface area contributed by atoms with E-state index in [1.54, 1.807) is 6.07 Å². The van der Waals surface area contributed by atoms with Gasteiger partial charge in [0, 0.05) is 23.4 Å². The van der Waals surface area contributed by atoms with Gasteiger partial charge in [0.05, 0.1) is 0 Å². The Morgan fingerprint density at radius 1 is 1.28 bits per heavy atom. The molecule has 0 aliphatic heterocycles. The van der Waals surface area contributed by atoms with Crippen LogP contribution in [0.5, 0.6) is 0 Å². The number of nitriles is 1. The van der Waals surface area contributed by atoms with Gasteiger partial charge in [0.1, 0.15) is 11.9 Å². The SMILES string of the molecule is N#Cc1nccnc1NCc1cc(F)cc(Br)c1. The molecule has 6 heteroatoms. The summed E-state index contributed by atoms with van der Waals surface area (Å²) in [5, 5.41) is 11.8. The molecule has 0 atom stereocenters. The minimum atomic E-state index is -0.319. The molecule has 90 valence electrons. The summed E-state index contributed by atoms with van der Waals surface area (Å²) in [5.41, 5.74) is 0.962. The van der Waals surface area contributed by atoms with Crippen LogP contribution < -0.4 is 5.32 Å². The number of rotatable bonds is 3. The number of hydrogen-bond acceptors (Lipinski definition) is 4. The molecule has 2 aromatic rings. The fraction of sp³-hybridized carbons (Fsp3) is 0.0833. The van der Waals surface area contributed by atoms with Crippen molar-refractivity contribution in [3.8, 4) is 6.07 Å². The lowest BCUT2D eigenvalue weighted by atomic mass is 10.2. The number of anilines is 1.